The molecule has 108 valence electrons. The van der Waals surface area contributed by atoms with E-state index in [0.717, 1.165) is 42.9 Å². The van der Waals surface area contributed by atoms with E-state index < -0.39 is 0 Å². The molecule has 0 bridgehead atoms. The van der Waals surface area contributed by atoms with Crippen molar-refractivity contribution in [3.05, 3.63) is 23.8 Å². The fraction of sp³-hybridized carbons (Fsp3) is 0.533. The van der Waals surface area contributed by atoms with Crippen LogP contribution in [0.25, 0.3) is 0 Å². The minimum absolute atomic E-state index is 0.0320. The third-order valence-corrected chi connectivity index (χ3v) is 3.66. The molecule has 5 heteroatoms. The molecule has 2 aliphatic heterocycles. The molecule has 0 radical (unpaired) electrons. The molecule has 0 aliphatic carbocycles. The zero-order valence-electron chi connectivity index (χ0n) is 11.5. The molecule has 20 heavy (non-hydrogen) atoms. The van der Waals surface area contributed by atoms with Crippen LogP contribution in [0.4, 0.5) is 0 Å². The lowest BCUT2D eigenvalue weighted by Gasteiger charge is -2.12. The molecule has 1 amide bonds. The molecule has 0 saturated carbocycles. The number of amides is 1. The normalized spacial score (nSPS) is 21.3. The number of benzene rings is 1. The number of fused-ring (bicyclic) bond motifs is 1. The maximum atomic E-state index is 11.9. The van der Waals surface area contributed by atoms with Crippen LogP contribution in [0.15, 0.2) is 18.2 Å². The van der Waals surface area contributed by atoms with Gasteiger partial charge in [0.05, 0.1) is 19.3 Å². The lowest BCUT2D eigenvalue weighted by Crippen LogP contribution is -2.39. The van der Waals surface area contributed by atoms with Crippen molar-refractivity contribution in [1.82, 2.24) is 10.6 Å². The molecule has 1 aromatic rings. The van der Waals surface area contributed by atoms with Crippen LogP contribution in [0.2, 0.25) is 0 Å². The Hall–Kier alpha value is -1.75. The topological polar surface area (TPSA) is 59.6 Å². The predicted molar refractivity (Wildman–Crippen MR) is 74.9 cm³/mol. The Morgan fingerprint density at radius 3 is 2.90 bits per heavy atom. The summed E-state index contributed by atoms with van der Waals surface area (Å²) in [6.07, 6.45) is 2.89. The van der Waals surface area contributed by atoms with Crippen molar-refractivity contribution in [3.8, 4) is 11.5 Å². The van der Waals surface area contributed by atoms with Gasteiger partial charge in [-0.1, -0.05) is 6.07 Å². The number of rotatable bonds is 3. The molecule has 0 aromatic heterocycles. The predicted octanol–water partition coefficient (Wildman–Crippen LogP) is 1.22. The van der Waals surface area contributed by atoms with Gasteiger partial charge in [-0.25, -0.2) is 0 Å². The number of hydrogen-bond donors (Lipinski definition) is 2. The van der Waals surface area contributed by atoms with Crippen LogP contribution in [-0.4, -0.2) is 31.7 Å². The van der Waals surface area contributed by atoms with Crippen LogP contribution in [0.5, 0.6) is 11.5 Å². The van der Waals surface area contributed by atoms with E-state index in [0.29, 0.717) is 19.8 Å². The summed E-state index contributed by atoms with van der Waals surface area (Å²) >= 11 is 0. The molecule has 3 rings (SSSR count). The second-order valence-corrected chi connectivity index (χ2v) is 5.20. The summed E-state index contributed by atoms with van der Waals surface area (Å²) in [7, 11) is 0. The molecule has 5 nitrogen and oxygen atoms in total. The van der Waals surface area contributed by atoms with E-state index in [-0.39, 0.29) is 11.9 Å². The lowest BCUT2D eigenvalue weighted by molar-refractivity contribution is -0.122. The molecule has 1 atom stereocenters. The zero-order valence-corrected chi connectivity index (χ0v) is 11.5. The summed E-state index contributed by atoms with van der Waals surface area (Å²) < 4.78 is 11.2. The number of hydrogen-bond acceptors (Lipinski definition) is 4. The third kappa shape index (κ3) is 3.04. The van der Waals surface area contributed by atoms with Crippen LogP contribution < -0.4 is 20.1 Å². The molecule has 2 N–H and O–H groups in total. The van der Waals surface area contributed by atoms with Gasteiger partial charge in [0, 0.05) is 13.0 Å². The number of nitrogens with one attached hydrogen (secondary N) is 2. The van der Waals surface area contributed by atoms with Gasteiger partial charge in [-0.3, -0.25) is 4.79 Å². The Morgan fingerprint density at radius 2 is 2.10 bits per heavy atom. The smallest absolute Gasteiger partial charge is 0.237 e. The summed E-state index contributed by atoms with van der Waals surface area (Å²) in [5.41, 5.74) is 1.03. The summed E-state index contributed by atoms with van der Waals surface area (Å²) in [5.74, 6) is 1.64. The zero-order chi connectivity index (χ0) is 13.8. The average molecular weight is 276 g/mol. The summed E-state index contributed by atoms with van der Waals surface area (Å²) in [6, 6.07) is 5.80. The van der Waals surface area contributed by atoms with Gasteiger partial charge in [-0.15, -0.1) is 0 Å². The molecular formula is C15H20N2O3. The van der Waals surface area contributed by atoms with E-state index in [2.05, 4.69) is 10.6 Å². The highest BCUT2D eigenvalue weighted by Gasteiger charge is 2.21. The molecule has 2 aliphatic rings. The van der Waals surface area contributed by atoms with E-state index in [4.69, 9.17) is 9.47 Å². The Balaban J connectivity index is 1.60. The number of carbonyl (C=O) groups is 1. The fourth-order valence-corrected chi connectivity index (χ4v) is 2.54. The minimum atomic E-state index is -0.0320. The van der Waals surface area contributed by atoms with E-state index in [9.17, 15) is 4.79 Å². The van der Waals surface area contributed by atoms with Crippen molar-refractivity contribution in [2.45, 2.75) is 31.8 Å². The maximum Gasteiger partial charge on any atom is 0.237 e. The van der Waals surface area contributed by atoms with Crippen molar-refractivity contribution < 1.29 is 14.3 Å². The van der Waals surface area contributed by atoms with Gasteiger partial charge in [0.25, 0.3) is 0 Å². The monoisotopic (exact) mass is 276 g/mol. The summed E-state index contributed by atoms with van der Waals surface area (Å²) in [6.45, 7) is 2.82. The second kappa shape index (κ2) is 6.13. The Bertz CT molecular complexity index is 484. The second-order valence-electron chi connectivity index (χ2n) is 5.20. The molecule has 1 fully saturated rings. The standard InChI is InChI=1S/C15H20N2O3/c18-15(12-3-1-6-16-12)17-10-11-4-5-13-14(9-11)20-8-2-7-19-13/h4-5,9,12,16H,1-3,6-8,10H2,(H,17,18). The van der Waals surface area contributed by atoms with Gasteiger partial charge in [0.1, 0.15) is 0 Å². The van der Waals surface area contributed by atoms with Gasteiger partial charge in [0.2, 0.25) is 5.91 Å². The van der Waals surface area contributed by atoms with Crippen LogP contribution in [0.3, 0.4) is 0 Å². The van der Waals surface area contributed by atoms with E-state index in [1.807, 2.05) is 18.2 Å². The fourth-order valence-electron chi connectivity index (χ4n) is 2.54. The Labute approximate surface area is 118 Å². The molecular weight excluding hydrogens is 256 g/mol. The van der Waals surface area contributed by atoms with Crippen molar-refractivity contribution in [3.63, 3.8) is 0 Å². The van der Waals surface area contributed by atoms with Gasteiger partial charge in [-0.05, 0) is 37.1 Å². The van der Waals surface area contributed by atoms with E-state index in [1.165, 1.54) is 0 Å². The van der Waals surface area contributed by atoms with Gasteiger partial charge in [-0.2, -0.15) is 0 Å². The Kier molecular flexibility index (Phi) is 4.06. The van der Waals surface area contributed by atoms with Crippen molar-refractivity contribution >= 4 is 5.91 Å². The lowest BCUT2D eigenvalue weighted by atomic mass is 10.2. The van der Waals surface area contributed by atoms with Crippen LogP contribution in [0.1, 0.15) is 24.8 Å². The van der Waals surface area contributed by atoms with E-state index in [1.54, 1.807) is 0 Å². The third-order valence-electron chi connectivity index (χ3n) is 3.66. The molecule has 2 heterocycles. The SMILES string of the molecule is O=C(NCc1ccc2c(c1)OCCCO2)C1CCCN1. The first-order valence-electron chi connectivity index (χ1n) is 7.22. The largest absolute Gasteiger partial charge is 0.490 e. The van der Waals surface area contributed by atoms with Gasteiger partial charge in [0.15, 0.2) is 11.5 Å². The first-order valence-corrected chi connectivity index (χ1v) is 7.22. The highest BCUT2D eigenvalue weighted by atomic mass is 16.5. The quantitative estimate of drug-likeness (QED) is 0.871. The Morgan fingerprint density at radius 1 is 1.25 bits per heavy atom. The number of carbonyl (C=O) groups excluding carboxylic acids is 1. The van der Waals surface area contributed by atoms with Crippen molar-refractivity contribution in [2.75, 3.05) is 19.8 Å². The first-order chi connectivity index (χ1) is 9.83. The minimum Gasteiger partial charge on any atom is -0.490 e. The molecule has 0 spiro atoms. The highest BCUT2D eigenvalue weighted by molar-refractivity contribution is 5.82. The highest BCUT2D eigenvalue weighted by Crippen LogP contribution is 2.30. The van der Waals surface area contributed by atoms with Gasteiger partial charge >= 0.3 is 0 Å². The van der Waals surface area contributed by atoms with Crippen molar-refractivity contribution in [2.24, 2.45) is 0 Å². The van der Waals surface area contributed by atoms with Crippen LogP contribution >= 0.6 is 0 Å². The van der Waals surface area contributed by atoms with E-state index >= 15 is 0 Å². The molecule has 1 saturated heterocycles. The van der Waals surface area contributed by atoms with Crippen LogP contribution in [0, 0.1) is 0 Å². The van der Waals surface area contributed by atoms with Gasteiger partial charge < -0.3 is 20.1 Å². The molecule has 1 unspecified atom stereocenters. The number of ether oxygens (including phenoxy) is 2. The summed E-state index contributed by atoms with van der Waals surface area (Å²) in [5, 5.41) is 6.16. The van der Waals surface area contributed by atoms with Crippen molar-refractivity contribution in [1.29, 1.82) is 0 Å². The average Bonchev–Trinajstić information content (AvgIpc) is 2.90. The molecule has 1 aromatic carbocycles. The van der Waals surface area contributed by atoms with Crippen LogP contribution in [-0.2, 0) is 11.3 Å². The summed E-state index contributed by atoms with van der Waals surface area (Å²) in [4.78, 5) is 11.9. The first kappa shape index (κ1) is 13.2. The maximum absolute atomic E-state index is 11.9.